The van der Waals surface area contributed by atoms with E-state index >= 15 is 0 Å². The van der Waals surface area contributed by atoms with E-state index in [1.807, 2.05) is 13.8 Å². The Morgan fingerprint density at radius 2 is 1.00 bits per heavy atom. The highest BCUT2D eigenvalue weighted by Crippen LogP contribution is 2.92. The molecule has 0 amide bonds. The fraction of sp³-hybridized carbons (Fsp3) is 1.00. The highest BCUT2D eigenvalue weighted by atomic mass is 16.3. The van der Waals surface area contributed by atoms with Crippen molar-refractivity contribution in [1.29, 1.82) is 0 Å². The maximum atomic E-state index is 10.5. The van der Waals surface area contributed by atoms with Crippen molar-refractivity contribution >= 4 is 0 Å². The largest absolute Gasteiger partial charge is 0.390 e. The van der Waals surface area contributed by atoms with Gasteiger partial charge in [0.1, 0.15) is 0 Å². The maximum absolute atomic E-state index is 10.5. The molecule has 6 fully saturated rings. The summed E-state index contributed by atoms with van der Waals surface area (Å²) >= 11 is 0. The number of hydrogen-bond acceptors (Lipinski definition) is 2. The van der Waals surface area contributed by atoms with Crippen LogP contribution in [0, 0.1) is 47.3 Å². The van der Waals surface area contributed by atoms with Gasteiger partial charge in [0.05, 0.1) is 11.2 Å². The third kappa shape index (κ3) is 0.348. The fourth-order valence-electron chi connectivity index (χ4n) is 7.09. The Balaban J connectivity index is 1.82. The summed E-state index contributed by atoms with van der Waals surface area (Å²) < 4.78 is 0. The van der Waals surface area contributed by atoms with Gasteiger partial charge in [0, 0.05) is 0 Å². The lowest BCUT2D eigenvalue weighted by molar-refractivity contribution is -0.186. The predicted molar refractivity (Wildman–Crippen MR) is 49.2 cm³/mol. The van der Waals surface area contributed by atoms with E-state index in [2.05, 4.69) is 0 Å². The third-order valence-electron chi connectivity index (χ3n) is 6.91. The molecule has 2 heteroatoms. The van der Waals surface area contributed by atoms with Gasteiger partial charge in [-0.1, -0.05) is 0 Å². The van der Waals surface area contributed by atoms with Gasteiger partial charge in [-0.05, 0) is 61.2 Å². The Morgan fingerprint density at radius 1 is 0.643 bits per heavy atom. The van der Waals surface area contributed by atoms with Crippen LogP contribution in [-0.4, -0.2) is 21.4 Å². The SMILES string of the molecule is C[C@]1(O)[C@H]2[C@@H]3[C@@H]4[C@@H]2[C@H]2[C@H]1[C@H]3[C@H]4[C@@]2(C)O. The summed E-state index contributed by atoms with van der Waals surface area (Å²) in [5.41, 5.74) is -0.868. The molecular formula is C12H16O2. The van der Waals surface area contributed by atoms with E-state index in [4.69, 9.17) is 0 Å². The summed E-state index contributed by atoms with van der Waals surface area (Å²) in [6.45, 7) is 4.06. The molecule has 76 valence electrons. The molecule has 0 aliphatic heterocycles. The van der Waals surface area contributed by atoms with Crippen molar-refractivity contribution in [3.8, 4) is 0 Å². The van der Waals surface area contributed by atoms with Crippen LogP contribution in [0.5, 0.6) is 0 Å². The molecule has 14 heavy (non-hydrogen) atoms. The molecule has 6 aliphatic rings. The van der Waals surface area contributed by atoms with Crippen LogP contribution in [0.4, 0.5) is 0 Å². The first-order valence-electron chi connectivity index (χ1n) is 5.94. The number of aliphatic hydroxyl groups is 2. The highest BCUT2D eigenvalue weighted by molar-refractivity contribution is 5.41. The van der Waals surface area contributed by atoms with Gasteiger partial charge in [-0.3, -0.25) is 0 Å². The molecule has 0 unspecified atom stereocenters. The van der Waals surface area contributed by atoms with Crippen molar-refractivity contribution in [1.82, 2.24) is 0 Å². The zero-order valence-corrected chi connectivity index (χ0v) is 8.51. The summed E-state index contributed by atoms with van der Waals surface area (Å²) in [5.74, 6) is 4.95. The molecule has 2 nitrogen and oxygen atoms in total. The van der Waals surface area contributed by atoms with Crippen LogP contribution in [0.25, 0.3) is 0 Å². The normalized spacial score (nSPS) is 90.0. The van der Waals surface area contributed by atoms with Crippen LogP contribution >= 0.6 is 0 Å². The minimum atomic E-state index is -0.434. The second-order valence-corrected chi connectivity index (χ2v) is 6.86. The molecule has 0 spiro atoms. The van der Waals surface area contributed by atoms with Crippen LogP contribution in [0.1, 0.15) is 13.8 Å². The van der Waals surface area contributed by atoms with Gasteiger partial charge in [0.25, 0.3) is 0 Å². The molecule has 10 atom stereocenters. The van der Waals surface area contributed by atoms with E-state index in [0.29, 0.717) is 35.5 Å². The van der Waals surface area contributed by atoms with Gasteiger partial charge in [-0.25, -0.2) is 0 Å². The smallest absolute Gasteiger partial charge is 0.0688 e. The second-order valence-electron chi connectivity index (χ2n) is 6.86. The van der Waals surface area contributed by atoms with E-state index in [1.54, 1.807) is 0 Å². The summed E-state index contributed by atoms with van der Waals surface area (Å²) in [5, 5.41) is 21.0. The summed E-state index contributed by atoms with van der Waals surface area (Å²) in [7, 11) is 0. The Morgan fingerprint density at radius 3 is 1.29 bits per heavy atom. The molecule has 0 saturated heterocycles. The predicted octanol–water partition coefficient (Wildman–Crippen LogP) is 0.486. The van der Waals surface area contributed by atoms with E-state index in [1.165, 1.54) is 0 Å². The first-order chi connectivity index (χ1) is 6.49. The molecule has 6 rings (SSSR count). The molecule has 0 aromatic carbocycles. The van der Waals surface area contributed by atoms with Crippen molar-refractivity contribution in [3.63, 3.8) is 0 Å². The van der Waals surface area contributed by atoms with E-state index in [-0.39, 0.29) is 0 Å². The number of hydrogen-bond donors (Lipinski definition) is 2. The van der Waals surface area contributed by atoms with Crippen molar-refractivity contribution in [2.75, 3.05) is 0 Å². The van der Waals surface area contributed by atoms with Gasteiger partial charge in [-0.2, -0.15) is 0 Å². The lowest BCUT2D eigenvalue weighted by Gasteiger charge is -2.63. The minimum Gasteiger partial charge on any atom is -0.390 e. The average molecular weight is 192 g/mol. The third-order valence-corrected chi connectivity index (χ3v) is 6.91. The summed E-state index contributed by atoms with van der Waals surface area (Å²) in [4.78, 5) is 0. The van der Waals surface area contributed by atoms with Crippen molar-refractivity contribution in [2.45, 2.75) is 25.0 Å². The first kappa shape index (κ1) is 7.24. The zero-order chi connectivity index (χ0) is 9.62. The first-order valence-corrected chi connectivity index (χ1v) is 5.94. The second kappa shape index (κ2) is 1.42. The fourth-order valence-corrected chi connectivity index (χ4v) is 7.09. The van der Waals surface area contributed by atoms with Gasteiger partial charge < -0.3 is 10.2 Å². The molecule has 4 bridgehead atoms. The van der Waals surface area contributed by atoms with Gasteiger partial charge in [0.15, 0.2) is 0 Å². The Kier molecular flexibility index (Phi) is 0.735. The number of rotatable bonds is 0. The van der Waals surface area contributed by atoms with Crippen LogP contribution in [0.15, 0.2) is 0 Å². The summed E-state index contributed by atoms with van der Waals surface area (Å²) in [6.07, 6.45) is 0. The quantitative estimate of drug-likeness (QED) is 0.586. The topological polar surface area (TPSA) is 40.5 Å². The molecule has 0 aromatic rings. The standard InChI is InChI=1S/C12H16O2/c1-11(13)7-3-4-5(7)10-9(11)6(3)8(4)12(10,2)14/h3-10,13-14H,1-2H3/t3-,4-,5-,6+,7+,8+,9+,10-,11-,12+/m1/s1. The van der Waals surface area contributed by atoms with Gasteiger partial charge >= 0.3 is 0 Å². The summed E-state index contributed by atoms with van der Waals surface area (Å²) in [6, 6.07) is 0. The maximum Gasteiger partial charge on any atom is 0.0688 e. The molecule has 2 N–H and O–H groups in total. The Hall–Kier alpha value is -0.0800. The van der Waals surface area contributed by atoms with Gasteiger partial charge in [0.2, 0.25) is 0 Å². The van der Waals surface area contributed by atoms with Crippen LogP contribution in [0.2, 0.25) is 0 Å². The highest BCUT2D eigenvalue weighted by Gasteiger charge is 2.94. The van der Waals surface area contributed by atoms with E-state index in [9.17, 15) is 10.2 Å². The van der Waals surface area contributed by atoms with E-state index < -0.39 is 11.2 Å². The lowest BCUT2D eigenvalue weighted by atomic mass is 9.40. The Labute approximate surface area is 83.3 Å². The van der Waals surface area contributed by atoms with E-state index in [0.717, 1.165) is 11.8 Å². The Bertz CT molecular complexity index is 337. The van der Waals surface area contributed by atoms with Crippen LogP contribution in [-0.2, 0) is 0 Å². The minimum absolute atomic E-state index is 0.434. The van der Waals surface area contributed by atoms with Gasteiger partial charge in [-0.15, -0.1) is 0 Å². The zero-order valence-electron chi connectivity index (χ0n) is 8.51. The van der Waals surface area contributed by atoms with Crippen molar-refractivity contribution < 1.29 is 10.2 Å². The monoisotopic (exact) mass is 192 g/mol. The lowest BCUT2D eigenvalue weighted by Crippen LogP contribution is -2.62. The molecule has 6 aliphatic carbocycles. The molecule has 0 radical (unpaired) electrons. The van der Waals surface area contributed by atoms with Crippen molar-refractivity contribution in [2.24, 2.45) is 47.3 Å². The van der Waals surface area contributed by atoms with Crippen LogP contribution in [0.3, 0.4) is 0 Å². The molecule has 0 aromatic heterocycles. The molecule has 0 heterocycles. The molecule has 6 saturated carbocycles. The molecular weight excluding hydrogens is 176 g/mol. The van der Waals surface area contributed by atoms with Crippen LogP contribution < -0.4 is 0 Å². The van der Waals surface area contributed by atoms with Crippen molar-refractivity contribution in [3.05, 3.63) is 0 Å². The average Bonchev–Trinajstić information content (AvgIpc) is 2.40.